The third-order valence-corrected chi connectivity index (χ3v) is 11.4. The number of carbonyl (C=O) groups excluding carboxylic acids is 1. The van der Waals surface area contributed by atoms with Gasteiger partial charge in [0.25, 0.3) is 0 Å². The van der Waals surface area contributed by atoms with Gasteiger partial charge in [-0.3, -0.25) is 4.79 Å². The zero-order valence-corrected chi connectivity index (χ0v) is 40.2. The molecule has 1 saturated heterocycles. The van der Waals surface area contributed by atoms with Crippen LogP contribution >= 0.6 is 0 Å². The molecule has 1 aliphatic heterocycles. The molecule has 7 unspecified atom stereocenters. The fourth-order valence-electron chi connectivity index (χ4n) is 7.38. The normalized spacial score (nSPS) is 20.9. The van der Waals surface area contributed by atoms with Gasteiger partial charge in [0.15, 0.2) is 6.29 Å². The summed E-state index contributed by atoms with van der Waals surface area (Å²) in [6, 6.07) is -0.842. The van der Waals surface area contributed by atoms with E-state index < -0.39 is 49.5 Å². The van der Waals surface area contributed by atoms with Crippen LogP contribution in [0, 0.1) is 0 Å². The summed E-state index contributed by atoms with van der Waals surface area (Å²) in [5.41, 5.74) is 0. The Morgan fingerprint density at radius 1 is 0.547 bits per heavy atom. The Kier molecular flexibility index (Phi) is 40.6. The second-order valence-electron chi connectivity index (χ2n) is 17.2. The van der Waals surface area contributed by atoms with Gasteiger partial charge in [0, 0.05) is 6.42 Å². The molecule has 0 aromatic carbocycles. The van der Waals surface area contributed by atoms with E-state index in [0.717, 1.165) is 70.6 Å². The molecule has 0 saturated carbocycles. The quantitative estimate of drug-likeness (QED) is 0.0262. The van der Waals surface area contributed by atoms with Crippen molar-refractivity contribution in [3.05, 3.63) is 97.2 Å². The van der Waals surface area contributed by atoms with E-state index in [9.17, 15) is 30.3 Å². The van der Waals surface area contributed by atoms with Crippen LogP contribution in [0.5, 0.6) is 0 Å². The molecule has 0 spiro atoms. The van der Waals surface area contributed by atoms with E-state index in [0.29, 0.717) is 6.42 Å². The van der Waals surface area contributed by atoms with Gasteiger partial charge in [-0.25, -0.2) is 0 Å². The lowest BCUT2D eigenvalue weighted by Gasteiger charge is -2.40. The van der Waals surface area contributed by atoms with Crippen LogP contribution in [0.1, 0.15) is 187 Å². The monoisotopic (exact) mass is 896 g/mol. The summed E-state index contributed by atoms with van der Waals surface area (Å²) in [7, 11) is 0. The topological polar surface area (TPSA) is 149 Å². The highest BCUT2D eigenvalue weighted by molar-refractivity contribution is 5.76. The highest BCUT2D eigenvalue weighted by Crippen LogP contribution is 2.22. The van der Waals surface area contributed by atoms with Crippen molar-refractivity contribution in [2.24, 2.45) is 0 Å². The van der Waals surface area contributed by atoms with Crippen molar-refractivity contribution in [3.63, 3.8) is 0 Å². The standard InChI is InChI=1S/C55H93NO8/c1-3-5-7-9-11-13-15-17-19-21-23-24-25-26-27-29-31-33-35-37-39-41-43-45-51(59)56-48(47-63-55-54(62)53(61)52(60)50(46-57)64-55)49(58)44-42-40-38-36-34-32-30-28-22-20-18-16-14-12-10-8-6-4-2/h5,7,11,13,17,19,23-24,26-27,31,33,37,39,42,44,48-50,52-55,57-58,60-62H,3-4,6,8-10,12,14-16,18,20-22,25,28-30,32,34-36,38,40-41,43,45-47H2,1-2H3,(H,56,59)/b7-5-,13-11-,19-17-,24-23-,27-26-,33-31-,39-37-,44-42+. The van der Waals surface area contributed by atoms with Crippen molar-refractivity contribution in [1.82, 2.24) is 5.32 Å². The first-order valence-electron chi connectivity index (χ1n) is 25.5. The van der Waals surface area contributed by atoms with E-state index >= 15 is 0 Å². The molecule has 366 valence electrons. The lowest BCUT2D eigenvalue weighted by molar-refractivity contribution is -0.302. The molecule has 0 radical (unpaired) electrons. The van der Waals surface area contributed by atoms with Crippen LogP contribution in [0.4, 0.5) is 0 Å². The van der Waals surface area contributed by atoms with Gasteiger partial charge in [-0.05, 0) is 70.6 Å². The average Bonchev–Trinajstić information content (AvgIpc) is 3.29. The van der Waals surface area contributed by atoms with E-state index in [1.165, 1.54) is 89.9 Å². The van der Waals surface area contributed by atoms with Gasteiger partial charge in [0.1, 0.15) is 24.4 Å². The number of nitrogens with one attached hydrogen (secondary N) is 1. The summed E-state index contributed by atoms with van der Waals surface area (Å²) in [5.74, 6) is -0.238. The van der Waals surface area contributed by atoms with E-state index in [1.807, 2.05) is 6.08 Å². The maximum atomic E-state index is 13.0. The predicted octanol–water partition coefficient (Wildman–Crippen LogP) is 11.7. The molecule has 0 aromatic heterocycles. The number of unbranched alkanes of at least 4 members (excludes halogenated alkanes) is 17. The number of rotatable bonds is 41. The zero-order valence-electron chi connectivity index (χ0n) is 40.2. The van der Waals surface area contributed by atoms with Gasteiger partial charge >= 0.3 is 0 Å². The lowest BCUT2D eigenvalue weighted by atomic mass is 9.99. The fourth-order valence-corrected chi connectivity index (χ4v) is 7.38. The van der Waals surface area contributed by atoms with Gasteiger partial charge in [0.2, 0.25) is 5.91 Å². The molecule has 9 nitrogen and oxygen atoms in total. The molecule has 0 aromatic rings. The summed E-state index contributed by atoms with van der Waals surface area (Å²) < 4.78 is 11.2. The molecule has 1 aliphatic rings. The van der Waals surface area contributed by atoms with Gasteiger partial charge in [0.05, 0.1) is 25.4 Å². The highest BCUT2D eigenvalue weighted by Gasteiger charge is 2.44. The van der Waals surface area contributed by atoms with Crippen molar-refractivity contribution in [1.29, 1.82) is 0 Å². The molecule has 7 atom stereocenters. The van der Waals surface area contributed by atoms with Crippen LogP contribution in [0.2, 0.25) is 0 Å². The number of amides is 1. The van der Waals surface area contributed by atoms with Crippen molar-refractivity contribution in [3.8, 4) is 0 Å². The average molecular weight is 896 g/mol. The molecule has 1 heterocycles. The first-order valence-corrected chi connectivity index (χ1v) is 25.5. The third kappa shape index (κ3) is 33.6. The minimum absolute atomic E-state index is 0.217. The Bertz CT molecular complexity index is 1320. The van der Waals surface area contributed by atoms with E-state index in [1.54, 1.807) is 6.08 Å². The van der Waals surface area contributed by atoms with Crippen molar-refractivity contribution >= 4 is 5.91 Å². The Balaban J connectivity index is 2.37. The van der Waals surface area contributed by atoms with Crippen LogP contribution in [0.15, 0.2) is 97.2 Å². The van der Waals surface area contributed by atoms with Crippen molar-refractivity contribution in [2.75, 3.05) is 13.2 Å². The first-order chi connectivity index (χ1) is 31.3. The second kappa shape index (κ2) is 44.0. The summed E-state index contributed by atoms with van der Waals surface area (Å²) in [6.07, 6.45) is 56.0. The van der Waals surface area contributed by atoms with Crippen LogP contribution in [-0.4, -0.2) is 87.5 Å². The molecule has 6 N–H and O–H groups in total. The number of carbonyl (C=O) groups is 1. The predicted molar refractivity (Wildman–Crippen MR) is 267 cm³/mol. The fraction of sp³-hybridized carbons (Fsp3) is 0.691. The number of ether oxygens (including phenoxy) is 2. The molecule has 0 bridgehead atoms. The number of aliphatic hydroxyl groups excluding tert-OH is 5. The molecule has 1 amide bonds. The summed E-state index contributed by atoms with van der Waals surface area (Å²) >= 11 is 0. The lowest BCUT2D eigenvalue weighted by Crippen LogP contribution is -2.60. The smallest absolute Gasteiger partial charge is 0.220 e. The van der Waals surface area contributed by atoms with Crippen LogP contribution in [0.3, 0.4) is 0 Å². The Hall–Kier alpha value is -2.89. The van der Waals surface area contributed by atoms with Gasteiger partial charge in [-0.2, -0.15) is 0 Å². The minimum atomic E-state index is -1.58. The van der Waals surface area contributed by atoms with Crippen molar-refractivity contribution in [2.45, 2.75) is 230 Å². The Morgan fingerprint density at radius 2 is 0.969 bits per heavy atom. The molecule has 9 heteroatoms. The zero-order chi connectivity index (χ0) is 46.6. The second-order valence-corrected chi connectivity index (χ2v) is 17.2. The maximum Gasteiger partial charge on any atom is 0.220 e. The number of hydrogen-bond donors (Lipinski definition) is 6. The Morgan fingerprint density at radius 3 is 1.42 bits per heavy atom. The van der Waals surface area contributed by atoms with Crippen LogP contribution < -0.4 is 5.32 Å². The summed E-state index contributed by atoms with van der Waals surface area (Å²) in [6.45, 7) is 3.62. The third-order valence-electron chi connectivity index (χ3n) is 11.4. The van der Waals surface area contributed by atoms with Gasteiger partial charge in [-0.15, -0.1) is 0 Å². The number of hydrogen-bond acceptors (Lipinski definition) is 8. The highest BCUT2D eigenvalue weighted by atomic mass is 16.7. The number of aliphatic hydroxyl groups is 5. The van der Waals surface area contributed by atoms with Crippen LogP contribution in [-0.2, 0) is 14.3 Å². The van der Waals surface area contributed by atoms with Gasteiger partial charge < -0.3 is 40.3 Å². The first kappa shape index (κ1) is 59.1. The molecular weight excluding hydrogens is 803 g/mol. The molecule has 64 heavy (non-hydrogen) atoms. The Labute approximate surface area is 390 Å². The molecule has 1 fully saturated rings. The van der Waals surface area contributed by atoms with Crippen molar-refractivity contribution < 1.29 is 39.8 Å². The molecule has 0 aliphatic carbocycles. The summed E-state index contributed by atoms with van der Waals surface area (Å²) in [5, 5.41) is 54.3. The molecular formula is C55H93NO8. The maximum absolute atomic E-state index is 13.0. The minimum Gasteiger partial charge on any atom is -0.394 e. The van der Waals surface area contributed by atoms with Crippen LogP contribution in [0.25, 0.3) is 0 Å². The largest absolute Gasteiger partial charge is 0.394 e. The number of allylic oxidation sites excluding steroid dienone is 15. The van der Waals surface area contributed by atoms with E-state index in [-0.39, 0.29) is 18.9 Å². The van der Waals surface area contributed by atoms with E-state index in [2.05, 4.69) is 104 Å². The summed E-state index contributed by atoms with van der Waals surface area (Å²) in [4.78, 5) is 13.0. The van der Waals surface area contributed by atoms with E-state index in [4.69, 9.17) is 9.47 Å². The SMILES string of the molecule is CC/C=C\C/C=C\C/C=C\C/C=C\C/C=C\C/C=C\C/C=C\CCCC(=O)NC(COC1OC(CO)C(O)C(O)C1O)C(O)/C=C/CCCCCCCCCCCCCCCCCC. The van der Waals surface area contributed by atoms with Gasteiger partial charge in [-0.1, -0.05) is 207 Å². The molecule has 1 rings (SSSR count).